The molecule has 0 heterocycles. The van der Waals surface area contributed by atoms with Crippen LogP contribution in [0.5, 0.6) is 11.5 Å². The molecule has 104 valence electrons. The molecule has 2 aromatic carbocycles. The Morgan fingerprint density at radius 2 is 1.90 bits per heavy atom. The van der Waals surface area contributed by atoms with E-state index in [2.05, 4.69) is 0 Å². The molecule has 2 N–H and O–H groups in total. The Kier molecular flexibility index (Phi) is 4.82. The van der Waals surface area contributed by atoms with Crippen LogP contribution in [0, 0.1) is 0 Å². The highest BCUT2D eigenvalue weighted by molar-refractivity contribution is 7.80. The molecule has 0 saturated carbocycles. The molecule has 0 aliphatic rings. The van der Waals surface area contributed by atoms with Crippen molar-refractivity contribution in [2.24, 2.45) is 5.73 Å². The summed E-state index contributed by atoms with van der Waals surface area (Å²) in [5.74, 6) is 1.41. The van der Waals surface area contributed by atoms with Gasteiger partial charge in [-0.2, -0.15) is 0 Å². The van der Waals surface area contributed by atoms with Crippen molar-refractivity contribution in [1.29, 1.82) is 0 Å². The molecule has 0 radical (unpaired) electrons. The molecular formula is C15H14ClNO2S. The lowest BCUT2D eigenvalue weighted by atomic mass is 10.2. The van der Waals surface area contributed by atoms with E-state index in [-0.39, 0.29) is 0 Å². The molecule has 3 nitrogen and oxygen atoms in total. The molecule has 0 aliphatic heterocycles. The van der Waals surface area contributed by atoms with Crippen LogP contribution in [0.15, 0.2) is 42.5 Å². The van der Waals surface area contributed by atoms with E-state index in [1.54, 1.807) is 25.3 Å². The lowest BCUT2D eigenvalue weighted by Crippen LogP contribution is -2.09. The number of hydrogen-bond acceptors (Lipinski definition) is 3. The molecule has 0 saturated heterocycles. The Bertz CT molecular complexity index is 614. The molecule has 2 rings (SSSR count). The summed E-state index contributed by atoms with van der Waals surface area (Å²) in [5, 5.41) is 0.490. The van der Waals surface area contributed by atoms with Gasteiger partial charge in [-0.05, 0) is 35.9 Å². The number of hydrogen-bond donors (Lipinski definition) is 1. The molecule has 0 aromatic heterocycles. The average molecular weight is 308 g/mol. The lowest BCUT2D eigenvalue weighted by molar-refractivity contribution is 0.306. The normalized spacial score (nSPS) is 10.1. The highest BCUT2D eigenvalue weighted by Gasteiger charge is 2.05. The van der Waals surface area contributed by atoms with Crippen LogP contribution in [0.3, 0.4) is 0 Å². The predicted octanol–water partition coefficient (Wildman–Crippen LogP) is 3.56. The highest BCUT2D eigenvalue weighted by atomic mass is 35.5. The highest BCUT2D eigenvalue weighted by Crippen LogP contribution is 2.26. The van der Waals surface area contributed by atoms with Gasteiger partial charge < -0.3 is 15.2 Å². The maximum atomic E-state index is 6.13. The van der Waals surface area contributed by atoms with Crippen molar-refractivity contribution in [2.45, 2.75) is 6.61 Å². The standard InChI is InChI=1S/C15H14ClNO2S/c1-18-12-5-2-10(3-6-12)9-19-14-7-4-11(15(17)20)8-13(14)16/h2-8H,9H2,1H3,(H2,17,20). The topological polar surface area (TPSA) is 44.5 Å². The third-order valence-corrected chi connectivity index (χ3v) is 3.30. The molecule has 0 fully saturated rings. The van der Waals surface area contributed by atoms with Gasteiger partial charge in [0, 0.05) is 5.56 Å². The first-order chi connectivity index (χ1) is 9.60. The van der Waals surface area contributed by atoms with Gasteiger partial charge in [-0.3, -0.25) is 0 Å². The number of thiocarbonyl (C=S) groups is 1. The Morgan fingerprint density at radius 3 is 2.45 bits per heavy atom. The number of nitrogens with two attached hydrogens (primary N) is 1. The van der Waals surface area contributed by atoms with Crippen LogP contribution in [0.1, 0.15) is 11.1 Å². The first kappa shape index (κ1) is 14.6. The van der Waals surface area contributed by atoms with Crippen LogP contribution in [0.2, 0.25) is 5.02 Å². The fourth-order valence-electron chi connectivity index (χ4n) is 1.65. The van der Waals surface area contributed by atoms with Gasteiger partial charge in [0.25, 0.3) is 0 Å². The van der Waals surface area contributed by atoms with Crippen molar-refractivity contribution in [3.8, 4) is 11.5 Å². The van der Waals surface area contributed by atoms with Gasteiger partial charge in [-0.25, -0.2) is 0 Å². The third kappa shape index (κ3) is 3.62. The monoisotopic (exact) mass is 307 g/mol. The molecule has 5 heteroatoms. The predicted molar refractivity (Wildman–Crippen MR) is 84.7 cm³/mol. The molecule has 20 heavy (non-hydrogen) atoms. The molecule has 0 unspecified atom stereocenters. The van der Waals surface area contributed by atoms with E-state index in [1.165, 1.54) is 0 Å². The van der Waals surface area contributed by atoms with Crippen LogP contribution in [0.4, 0.5) is 0 Å². The van der Waals surface area contributed by atoms with Crippen LogP contribution < -0.4 is 15.2 Å². The minimum atomic E-state index is 0.314. The Morgan fingerprint density at radius 1 is 1.20 bits per heavy atom. The Balaban J connectivity index is 2.04. The minimum Gasteiger partial charge on any atom is -0.497 e. The molecular weight excluding hydrogens is 294 g/mol. The second-order valence-corrected chi connectivity index (χ2v) is 4.99. The zero-order chi connectivity index (χ0) is 14.5. The van der Waals surface area contributed by atoms with E-state index in [0.29, 0.717) is 22.4 Å². The third-order valence-electron chi connectivity index (χ3n) is 2.77. The molecule has 0 spiro atoms. The first-order valence-electron chi connectivity index (χ1n) is 5.95. The van der Waals surface area contributed by atoms with Crippen LogP contribution >= 0.6 is 23.8 Å². The number of ether oxygens (including phenoxy) is 2. The van der Waals surface area contributed by atoms with Gasteiger partial charge >= 0.3 is 0 Å². The van der Waals surface area contributed by atoms with Crippen molar-refractivity contribution in [3.05, 3.63) is 58.6 Å². The number of halogens is 1. The van der Waals surface area contributed by atoms with E-state index < -0.39 is 0 Å². The zero-order valence-corrected chi connectivity index (χ0v) is 12.5. The molecule has 0 aliphatic carbocycles. The summed E-state index contributed by atoms with van der Waals surface area (Å²) in [6.45, 7) is 0.427. The molecule has 2 aromatic rings. The maximum absolute atomic E-state index is 6.13. The average Bonchev–Trinajstić information content (AvgIpc) is 2.46. The van der Waals surface area contributed by atoms with Crippen molar-refractivity contribution >= 4 is 28.8 Å². The SMILES string of the molecule is COc1ccc(COc2ccc(C(N)=S)cc2Cl)cc1. The Labute approximate surface area is 128 Å². The van der Waals surface area contributed by atoms with E-state index in [9.17, 15) is 0 Å². The number of rotatable bonds is 5. The second-order valence-electron chi connectivity index (χ2n) is 4.15. The lowest BCUT2D eigenvalue weighted by Gasteiger charge is -2.09. The van der Waals surface area contributed by atoms with Gasteiger partial charge in [0.1, 0.15) is 23.1 Å². The summed E-state index contributed by atoms with van der Waals surface area (Å²) in [4.78, 5) is 0.314. The molecule has 0 bridgehead atoms. The van der Waals surface area contributed by atoms with E-state index in [0.717, 1.165) is 16.9 Å². The van der Waals surface area contributed by atoms with Gasteiger partial charge in [0.05, 0.1) is 12.1 Å². The summed E-state index contributed by atoms with van der Waals surface area (Å²) < 4.78 is 10.8. The molecule has 0 amide bonds. The quantitative estimate of drug-likeness (QED) is 0.858. The zero-order valence-electron chi connectivity index (χ0n) is 10.9. The second kappa shape index (κ2) is 6.59. The van der Waals surface area contributed by atoms with Crippen molar-refractivity contribution in [2.75, 3.05) is 7.11 Å². The number of methoxy groups -OCH3 is 1. The smallest absolute Gasteiger partial charge is 0.138 e. The summed E-state index contributed by atoms with van der Waals surface area (Å²) >= 11 is 11.0. The van der Waals surface area contributed by atoms with E-state index >= 15 is 0 Å². The summed E-state index contributed by atoms with van der Waals surface area (Å²) in [6.07, 6.45) is 0. The largest absolute Gasteiger partial charge is 0.497 e. The fraction of sp³-hybridized carbons (Fsp3) is 0.133. The van der Waals surface area contributed by atoms with Crippen molar-refractivity contribution in [1.82, 2.24) is 0 Å². The van der Waals surface area contributed by atoms with Crippen LogP contribution in [-0.2, 0) is 6.61 Å². The van der Waals surface area contributed by atoms with Crippen LogP contribution in [-0.4, -0.2) is 12.1 Å². The van der Waals surface area contributed by atoms with Gasteiger partial charge in [0.15, 0.2) is 0 Å². The van der Waals surface area contributed by atoms with E-state index in [4.69, 9.17) is 39.0 Å². The fourth-order valence-corrected chi connectivity index (χ4v) is 2.02. The maximum Gasteiger partial charge on any atom is 0.138 e. The molecule has 0 atom stereocenters. The van der Waals surface area contributed by atoms with Crippen molar-refractivity contribution < 1.29 is 9.47 Å². The van der Waals surface area contributed by atoms with Gasteiger partial charge in [0.2, 0.25) is 0 Å². The summed E-state index contributed by atoms with van der Waals surface area (Å²) in [6, 6.07) is 12.9. The van der Waals surface area contributed by atoms with Crippen LogP contribution in [0.25, 0.3) is 0 Å². The number of benzene rings is 2. The van der Waals surface area contributed by atoms with E-state index in [1.807, 2.05) is 24.3 Å². The van der Waals surface area contributed by atoms with Crippen molar-refractivity contribution in [3.63, 3.8) is 0 Å². The first-order valence-corrected chi connectivity index (χ1v) is 6.74. The van der Waals surface area contributed by atoms with Gasteiger partial charge in [-0.1, -0.05) is 36.0 Å². The summed E-state index contributed by atoms with van der Waals surface area (Å²) in [5.41, 5.74) is 7.30. The summed E-state index contributed by atoms with van der Waals surface area (Å²) in [7, 11) is 1.63. The minimum absolute atomic E-state index is 0.314. The van der Waals surface area contributed by atoms with Gasteiger partial charge in [-0.15, -0.1) is 0 Å². The Hall–Kier alpha value is -1.78.